The third-order valence-corrected chi connectivity index (χ3v) is 6.91. The van der Waals surface area contributed by atoms with Crippen LogP contribution in [0.4, 0.5) is 5.69 Å². The lowest BCUT2D eigenvalue weighted by molar-refractivity contribution is 0.0393. The maximum absolute atomic E-state index is 12.7. The summed E-state index contributed by atoms with van der Waals surface area (Å²) in [6, 6.07) is 7.86. The largest absolute Gasteiger partial charge is 0.459 e. The van der Waals surface area contributed by atoms with Crippen LogP contribution in [-0.2, 0) is 16.0 Å². The Bertz CT molecular complexity index is 1150. The van der Waals surface area contributed by atoms with Crippen molar-refractivity contribution >= 4 is 44.8 Å². The Balaban J connectivity index is 1.44. The fourth-order valence-electron chi connectivity index (χ4n) is 3.77. The summed E-state index contributed by atoms with van der Waals surface area (Å²) in [4.78, 5) is 38.2. The normalized spacial score (nSPS) is 14.8. The second-order valence-corrected chi connectivity index (χ2v) is 9.05. The van der Waals surface area contributed by atoms with Gasteiger partial charge in [-0.15, -0.1) is 11.3 Å². The van der Waals surface area contributed by atoms with Crippen LogP contribution in [0.5, 0.6) is 0 Å². The average Bonchev–Trinajstić information content (AvgIpc) is 3.12. The van der Waals surface area contributed by atoms with Crippen LogP contribution in [0.25, 0.3) is 10.2 Å². The quantitative estimate of drug-likeness (QED) is 0.414. The Labute approximate surface area is 194 Å². The lowest BCUT2D eigenvalue weighted by Gasteiger charge is -2.35. The molecule has 1 fully saturated rings. The summed E-state index contributed by atoms with van der Waals surface area (Å²) in [5.41, 5.74) is 1.53. The molecule has 1 aliphatic rings. The maximum atomic E-state index is 12.7. The van der Waals surface area contributed by atoms with E-state index in [0.29, 0.717) is 39.6 Å². The number of hydrogen-bond donors (Lipinski definition) is 1. The van der Waals surface area contributed by atoms with Crippen molar-refractivity contribution in [2.45, 2.75) is 13.5 Å². The van der Waals surface area contributed by atoms with Gasteiger partial charge in [0.15, 0.2) is 0 Å². The lowest BCUT2D eigenvalue weighted by Crippen LogP contribution is -2.46. The smallest absolute Gasteiger partial charge is 0.348 e. The predicted octanol–water partition coefficient (Wildman–Crippen LogP) is 3.07. The van der Waals surface area contributed by atoms with E-state index < -0.39 is 5.97 Å². The summed E-state index contributed by atoms with van der Waals surface area (Å²) in [6.07, 6.45) is 0. The number of H-pyrrole nitrogens is 1. The van der Waals surface area contributed by atoms with E-state index >= 15 is 0 Å². The Morgan fingerprint density at radius 2 is 1.91 bits per heavy atom. The number of aryl methyl sites for hydroxylation is 1. The highest BCUT2D eigenvalue weighted by Crippen LogP contribution is 2.28. The minimum atomic E-state index is -0.457. The molecule has 8 nitrogen and oxygen atoms in total. The first-order valence-electron chi connectivity index (χ1n) is 10.4. The van der Waals surface area contributed by atoms with Gasteiger partial charge < -0.3 is 19.4 Å². The van der Waals surface area contributed by atoms with E-state index in [4.69, 9.17) is 21.1 Å². The highest BCUT2D eigenvalue weighted by atomic mass is 35.5. The number of aromatic amines is 1. The summed E-state index contributed by atoms with van der Waals surface area (Å²) >= 11 is 7.18. The van der Waals surface area contributed by atoms with Gasteiger partial charge in [0.25, 0.3) is 5.56 Å². The van der Waals surface area contributed by atoms with Crippen molar-refractivity contribution < 1.29 is 14.3 Å². The first-order chi connectivity index (χ1) is 15.5. The van der Waals surface area contributed by atoms with Crippen molar-refractivity contribution in [2.75, 3.05) is 51.4 Å². The van der Waals surface area contributed by atoms with Gasteiger partial charge in [-0.05, 0) is 36.8 Å². The van der Waals surface area contributed by atoms with Crippen LogP contribution >= 0.6 is 22.9 Å². The second kappa shape index (κ2) is 9.99. The average molecular weight is 477 g/mol. The summed E-state index contributed by atoms with van der Waals surface area (Å²) in [6.45, 7) is 6.25. The first kappa shape index (κ1) is 22.7. The zero-order valence-corrected chi connectivity index (χ0v) is 19.6. The number of ether oxygens (including phenoxy) is 2. The van der Waals surface area contributed by atoms with Gasteiger partial charge in [-0.25, -0.2) is 9.78 Å². The number of piperazine rings is 1. The third kappa shape index (κ3) is 4.96. The molecule has 0 aliphatic carbocycles. The maximum Gasteiger partial charge on any atom is 0.348 e. The molecule has 4 rings (SSSR count). The minimum Gasteiger partial charge on any atom is -0.459 e. The van der Waals surface area contributed by atoms with Crippen LogP contribution in [-0.4, -0.2) is 67.3 Å². The van der Waals surface area contributed by atoms with Crippen molar-refractivity contribution in [1.82, 2.24) is 14.9 Å². The molecule has 0 spiro atoms. The Kier molecular flexibility index (Phi) is 7.10. The molecule has 0 saturated carbocycles. The van der Waals surface area contributed by atoms with E-state index in [1.165, 1.54) is 11.3 Å². The number of anilines is 1. The summed E-state index contributed by atoms with van der Waals surface area (Å²) in [7, 11) is 1.54. The number of fused-ring (bicyclic) bond motifs is 1. The van der Waals surface area contributed by atoms with Crippen LogP contribution in [0.1, 0.15) is 21.1 Å². The summed E-state index contributed by atoms with van der Waals surface area (Å²) in [5.74, 6) is 0.143. The highest BCUT2D eigenvalue weighted by molar-refractivity contribution is 7.20. The van der Waals surface area contributed by atoms with Gasteiger partial charge >= 0.3 is 5.97 Å². The summed E-state index contributed by atoms with van der Waals surface area (Å²) in [5, 5.41) is 1.18. The molecule has 3 aromatic rings. The molecule has 1 saturated heterocycles. The van der Waals surface area contributed by atoms with E-state index in [1.54, 1.807) is 14.0 Å². The fourth-order valence-corrected chi connectivity index (χ4v) is 4.99. The molecule has 1 aliphatic heterocycles. The van der Waals surface area contributed by atoms with Gasteiger partial charge in [0.1, 0.15) is 22.1 Å². The zero-order valence-electron chi connectivity index (χ0n) is 18.0. The van der Waals surface area contributed by atoms with Crippen LogP contribution < -0.4 is 10.5 Å². The molecule has 0 bridgehead atoms. The molecule has 2 aromatic heterocycles. The van der Waals surface area contributed by atoms with Crippen molar-refractivity contribution in [2.24, 2.45) is 0 Å². The van der Waals surface area contributed by atoms with Gasteiger partial charge in [-0.3, -0.25) is 9.69 Å². The molecule has 0 amide bonds. The number of thiophene rings is 1. The number of nitrogens with one attached hydrogen (secondary N) is 1. The molecule has 10 heteroatoms. The van der Waals surface area contributed by atoms with Gasteiger partial charge in [0.2, 0.25) is 0 Å². The van der Waals surface area contributed by atoms with Gasteiger partial charge in [-0.2, -0.15) is 0 Å². The van der Waals surface area contributed by atoms with E-state index in [1.807, 2.05) is 24.3 Å². The van der Waals surface area contributed by atoms with Crippen LogP contribution in [0.15, 0.2) is 29.1 Å². The van der Waals surface area contributed by atoms with Crippen molar-refractivity contribution in [3.8, 4) is 0 Å². The Morgan fingerprint density at radius 1 is 1.19 bits per heavy atom. The number of hydrogen-bond acceptors (Lipinski definition) is 8. The first-order valence-corrected chi connectivity index (χ1v) is 11.6. The number of nitrogens with zero attached hydrogens (tertiary/aromatic N) is 3. The predicted molar refractivity (Wildman–Crippen MR) is 126 cm³/mol. The third-order valence-electron chi connectivity index (χ3n) is 5.49. The SMILES string of the molecule is COCCOC(=O)c1sc2nc(CN3CCN(c4ccc(Cl)cc4)CC3)[nH]c(=O)c2c1C. The number of methoxy groups -OCH3 is 1. The van der Waals surface area contributed by atoms with E-state index in [0.717, 1.165) is 36.9 Å². The summed E-state index contributed by atoms with van der Waals surface area (Å²) < 4.78 is 10.1. The van der Waals surface area contributed by atoms with E-state index in [9.17, 15) is 9.59 Å². The van der Waals surface area contributed by atoms with Gasteiger partial charge in [0.05, 0.1) is 18.5 Å². The molecular formula is C22H25ClN4O4S. The number of rotatable bonds is 7. The molecule has 3 heterocycles. The lowest BCUT2D eigenvalue weighted by atomic mass is 10.2. The molecule has 1 N–H and O–H groups in total. The van der Waals surface area contributed by atoms with E-state index in [2.05, 4.69) is 19.8 Å². The number of carbonyl (C=O) groups is 1. The van der Waals surface area contributed by atoms with Crippen LogP contribution in [0.3, 0.4) is 0 Å². The number of esters is 1. The molecular weight excluding hydrogens is 452 g/mol. The van der Waals surface area contributed by atoms with Crippen LogP contribution in [0, 0.1) is 6.92 Å². The standard InChI is InChI=1S/C22H25ClN4O4S/c1-14-18-20(28)24-17(25-21(18)32-19(14)22(29)31-12-11-30-2)13-26-7-9-27(10-8-26)16-5-3-15(23)4-6-16/h3-6H,7-13H2,1-2H3,(H,24,25,28). The number of carbonyl (C=O) groups excluding carboxylic acids is 1. The van der Waals surface area contributed by atoms with E-state index in [-0.39, 0.29) is 12.2 Å². The number of benzene rings is 1. The minimum absolute atomic E-state index is 0.167. The monoisotopic (exact) mass is 476 g/mol. The molecule has 0 atom stereocenters. The Hall–Kier alpha value is -2.46. The number of aromatic nitrogens is 2. The van der Waals surface area contributed by atoms with Gasteiger partial charge in [0, 0.05) is 44.0 Å². The molecule has 0 unspecified atom stereocenters. The zero-order chi connectivity index (χ0) is 22.7. The van der Waals surface area contributed by atoms with Crippen molar-refractivity contribution in [1.29, 1.82) is 0 Å². The molecule has 32 heavy (non-hydrogen) atoms. The van der Waals surface area contributed by atoms with Crippen LogP contribution in [0.2, 0.25) is 5.02 Å². The molecule has 0 radical (unpaired) electrons. The fraction of sp³-hybridized carbons (Fsp3) is 0.409. The second-order valence-electron chi connectivity index (χ2n) is 7.62. The Morgan fingerprint density at radius 3 is 2.59 bits per heavy atom. The van der Waals surface area contributed by atoms with Crippen molar-refractivity contribution in [3.05, 3.63) is 55.9 Å². The highest BCUT2D eigenvalue weighted by Gasteiger charge is 2.22. The molecule has 1 aromatic carbocycles. The van der Waals surface area contributed by atoms with Gasteiger partial charge in [-0.1, -0.05) is 11.6 Å². The van der Waals surface area contributed by atoms with Crippen molar-refractivity contribution in [3.63, 3.8) is 0 Å². The molecule has 170 valence electrons. The number of halogens is 1. The topological polar surface area (TPSA) is 87.8 Å².